The van der Waals surface area contributed by atoms with Crippen molar-refractivity contribution in [1.29, 1.82) is 5.26 Å². The predicted molar refractivity (Wildman–Crippen MR) is 80.2 cm³/mol. The van der Waals surface area contributed by atoms with Gasteiger partial charge >= 0.3 is 0 Å². The van der Waals surface area contributed by atoms with Crippen molar-refractivity contribution in [3.05, 3.63) is 64.2 Å². The van der Waals surface area contributed by atoms with Gasteiger partial charge in [0.25, 0.3) is 5.69 Å². The molecule has 0 saturated heterocycles. The number of benzene rings is 2. The first-order valence-electron chi connectivity index (χ1n) is 6.11. The minimum Gasteiger partial charge on any atom is -0.349 e. The third-order valence-corrected chi connectivity index (χ3v) is 4.04. The monoisotopic (exact) mass is 295 g/mol. The van der Waals surface area contributed by atoms with Crippen molar-refractivity contribution in [2.24, 2.45) is 0 Å². The lowest BCUT2D eigenvalue weighted by molar-refractivity contribution is -0.384. The van der Waals surface area contributed by atoms with Gasteiger partial charge in [0.15, 0.2) is 0 Å². The zero-order valence-electron chi connectivity index (χ0n) is 10.7. The van der Waals surface area contributed by atoms with Crippen molar-refractivity contribution in [3.8, 4) is 6.07 Å². The highest BCUT2D eigenvalue weighted by Gasteiger charge is 2.12. The maximum atomic E-state index is 10.7. The Balaban J connectivity index is 1.97. The number of aromatic nitrogens is 1. The molecule has 0 unspecified atom stereocenters. The highest BCUT2D eigenvalue weighted by Crippen LogP contribution is 2.33. The van der Waals surface area contributed by atoms with E-state index in [9.17, 15) is 10.1 Å². The van der Waals surface area contributed by atoms with Gasteiger partial charge in [0.05, 0.1) is 15.5 Å². The van der Waals surface area contributed by atoms with Crippen molar-refractivity contribution in [2.75, 3.05) is 0 Å². The van der Waals surface area contributed by atoms with Crippen molar-refractivity contribution >= 4 is 28.4 Å². The molecule has 6 heteroatoms. The second kappa shape index (κ2) is 5.31. The van der Waals surface area contributed by atoms with Crippen LogP contribution in [0.5, 0.6) is 0 Å². The lowest BCUT2D eigenvalue weighted by atomic mass is 10.2. The Labute approximate surface area is 124 Å². The van der Waals surface area contributed by atoms with Crippen LogP contribution in [0.4, 0.5) is 5.69 Å². The molecule has 1 N–H and O–H groups in total. The van der Waals surface area contributed by atoms with Gasteiger partial charge in [0.2, 0.25) is 0 Å². The number of nitro groups is 1. The highest BCUT2D eigenvalue weighted by molar-refractivity contribution is 7.99. The molecular formula is C15H9N3O2S. The second-order valence-electron chi connectivity index (χ2n) is 4.37. The summed E-state index contributed by atoms with van der Waals surface area (Å²) in [5.74, 6) is 0. The normalized spacial score (nSPS) is 10.4. The molecule has 21 heavy (non-hydrogen) atoms. The SMILES string of the molecule is N#Cc1cc([N+](=O)[O-])ccc1Sc1cc2ccccc2[nH]1. The molecule has 0 bridgehead atoms. The molecule has 2 aromatic carbocycles. The molecule has 1 aromatic heterocycles. The van der Waals surface area contributed by atoms with Gasteiger partial charge in [0.1, 0.15) is 6.07 Å². The summed E-state index contributed by atoms with van der Waals surface area (Å²) in [4.78, 5) is 14.2. The summed E-state index contributed by atoms with van der Waals surface area (Å²) in [5.41, 5.74) is 1.24. The summed E-state index contributed by atoms with van der Waals surface area (Å²) in [6.07, 6.45) is 0. The van der Waals surface area contributed by atoms with Gasteiger partial charge in [-0.1, -0.05) is 30.0 Å². The molecule has 102 valence electrons. The van der Waals surface area contributed by atoms with Crippen molar-refractivity contribution in [2.45, 2.75) is 9.92 Å². The quantitative estimate of drug-likeness (QED) is 0.582. The van der Waals surface area contributed by atoms with Gasteiger partial charge < -0.3 is 4.98 Å². The smallest absolute Gasteiger partial charge is 0.270 e. The van der Waals surface area contributed by atoms with E-state index in [1.807, 2.05) is 36.4 Å². The van der Waals surface area contributed by atoms with Gasteiger partial charge in [-0.3, -0.25) is 10.1 Å². The van der Waals surface area contributed by atoms with Crippen LogP contribution in [0, 0.1) is 21.4 Å². The van der Waals surface area contributed by atoms with Crippen molar-refractivity contribution in [3.63, 3.8) is 0 Å². The van der Waals surface area contributed by atoms with E-state index in [0.717, 1.165) is 15.9 Å². The zero-order chi connectivity index (χ0) is 14.8. The fourth-order valence-corrected chi connectivity index (χ4v) is 2.96. The first-order chi connectivity index (χ1) is 10.2. The molecule has 0 aliphatic rings. The third-order valence-electron chi connectivity index (χ3n) is 3.02. The average molecular weight is 295 g/mol. The van der Waals surface area contributed by atoms with Crippen LogP contribution in [0.3, 0.4) is 0 Å². The summed E-state index contributed by atoms with van der Waals surface area (Å²) in [5, 5.41) is 21.9. The summed E-state index contributed by atoms with van der Waals surface area (Å²) in [7, 11) is 0. The van der Waals surface area contributed by atoms with Crippen LogP contribution in [0.1, 0.15) is 5.56 Å². The molecule has 3 rings (SSSR count). The third kappa shape index (κ3) is 2.59. The Bertz CT molecular complexity index is 847. The van der Waals surface area contributed by atoms with Gasteiger partial charge in [-0.25, -0.2) is 0 Å². The fourth-order valence-electron chi connectivity index (χ4n) is 2.03. The number of hydrogen-bond acceptors (Lipinski definition) is 4. The van der Waals surface area contributed by atoms with Gasteiger partial charge in [-0.2, -0.15) is 5.26 Å². The molecule has 1 heterocycles. The molecule has 0 radical (unpaired) electrons. The molecular weight excluding hydrogens is 286 g/mol. The first kappa shape index (κ1) is 13.2. The van der Waals surface area contributed by atoms with Crippen LogP contribution in [0.25, 0.3) is 10.9 Å². The number of rotatable bonds is 3. The number of para-hydroxylation sites is 1. The number of nitrogens with zero attached hydrogens (tertiary/aromatic N) is 2. The van der Waals surface area contributed by atoms with Crippen LogP contribution >= 0.6 is 11.8 Å². The maximum Gasteiger partial charge on any atom is 0.270 e. The summed E-state index contributed by atoms with van der Waals surface area (Å²) in [6.45, 7) is 0. The number of hydrogen-bond donors (Lipinski definition) is 1. The van der Waals surface area contributed by atoms with E-state index in [-0.39, 0.29) is 5.69 Å². The van der Waals surface area contributed by atoms with Crippen molar-refractivity contribution < 1.29 is 4.92 Å². The van der Waals surface area contributed by atoms with Crippen LogP contribution in [0.15, 0.2) is 58.5 Å². The van der Waals surface area contributed by atoms with E-state index >= 15 is 0 Å². The standard InChI is InChI=1S/C15H9N3O2S/c16-9-11-7-12(18(19)20)5-6-14(11)21-15-8-10-3-1-2-4-13(10)17-15/h1-8,17H. The Hall–Kier alpha value is -2.78. The Morgan fingerprint density at radius 3 is 2.71 bits per heavy atom. The Morgan fingerprint density at radius 1 is 1.19 bits per heavy atom. The van der Waals surface area contributed by atoms with Crippen molar-refractivity contribution in [1.82, 2.24) is 4.98 Å². The Kier molecular flexibility index (Phi) is 3.34. The number of non-ortho nitro benzene ring substituents is 1. The van der Waals surface area contributed by atoms with E-state index < -0.39 is 4.92 Å². The number of nitrogens with one attached hydrogen (secondary N) is 1. The number of H-pyrrole nitrogens is 1. The second-order valence-corrected chi connectivity index (χ2v) is 5.46. The predicted octanol–water partition coefficient (Wildman–Crippen LogP) is 4.10. The summed E-state index contributed by atoms with van der Waals surface area (Å²) < 4.78 is 0. The molecule has 0 amide bonds. The molecule has 0 spiro atoms. The summed E-state index contributed by atoms with van der Waals surface area (Å²) >= 11 is 1.38. The van der Waals surface area contributed by atoms with E-state index in [1.54, 1.807) is 6.07 Å². The van der Waals surface area contributed by atoms with E-state index in [0.29, 0.717) is 10.5 Å². The van der Waals surface area contributed by atoms with Crippen LogP contribution in [0.2, 0.25) is 0 Å². The molecule has 0 saturated carbocycles. The molecule has 0 atom stereocenters. The number of aromatic amines is 1. The average Bonchev–Trinajstić information content (AvgIpc) is 2.89. The lowest BCUT2D eigenvalue weighted by Crippen LogP contribution is -1.90. The highest BCUT2D eigenvalue weighted by atomic mass is 32.2. The van der Waals surface area contributed by atoms with E-state index in [4.69, 9.17) is 5.26 Å². The number of nitro benzene ring substituents is 1. The van der Waals surface area contributed by atoms with Gasteiger partial charge in [-0.05, 0) is 18.2 Å². The first-order valence-corrected chi connectivity index (χ1v) is 6.93. The van der Waals surface area contributed by atoms with Crippen LogP contribution < -0.4 is 0 Å². The van der Waals surface area contributed by atoms with E-state index in [2.05, 4.69) is 4.98 Å². The molecule has 0 fully saturated rings. The molecule has 0 aliphatic heterocycles. The zero-order valence-corrected chi connectivity index (χ0v) is 11.6. The largest absolute Gasteiger partial charge is 0.349 e. The minimum absolute atomic E-state index is 0.0763. The molecule has 3 aromatic rings. The van der Waals surface area contributed by atoms with Gasteiger partial charge in [0, 0.05) is 27.9 Å². The van der Waals surface area contributed by atoms with E-state index in [1.165, 1.54) is 23.9 Å². The maximum absolute atomic E-state index is 10.7. The minimum atomic E-state index is -0.502. The summed E-state index contributed by atoms with van der Waals surface area (Å²) in [6, 6.07) is 16.2. The lowest BCUT2D eigenvalue weighted by Gasteiger charge is -2.01. The topological polar surface area (TPSA) is 82.7 Å². The van der Waals surface area contributed by atoms with Gasteiger partial charge in [-0.15, -0.1) is 0 Å². The number of fused-ring (bicyclic) bond motifs is 1. The van der Waals surface area contributed by atoms with Crippen LogP contribution in [-0.2, 0) is 0 Å². The number of nitriles is 1. The fraction of sp³-hybridized carbons (Fsp3) is 0. The van der Waals surface area contributed by atoms with Crippen LogP contribution in [-0.4, -0.2) is 9.91 Å². The molecule has 5 nitrogen and oxygen atoms in total. The Morgan fingerprint density at radius 2 is 2.00 bits per heavy atom. The molecule has 0 aliphatic carbocycles.